The van der Waals surface area contributed by atoms with Crippen molar-refractivity contribution in [1.82, 2.24) is 0 Å². The molecule has 0 aliphatic rings. The zero-order valence-corrected chi connectivity index (χ0v) is 14.2. The van der Waals surface area contributed by atoms with Gasteiger partial charge in [0.15, 0.2) is 0 Å². The number of benzene rings is 2. The molecule has 0 fully saturated rings. The van der Waals surface area contributed by atoms with Crippen LogP contribution in [0.5, 0.6) is 0 Å². The van der Waals surface area contributed by atoms with E-state index in [1.165, 1.54) is 0 Å². The van der Waals surface area contributed by atoms with Crippen LogP contribution in [0.4, 0.5) is 0 Å². The van der Waals surface area contributed by atoms with Crippen LogP contribution in [0, 0.1) is 19.8 Å². The Labute approximate surface area is 141 Å². The zero-order chi connectivity index (χ0) is 17.9. The summed E-state index contributed by atoms with van der Waals surface area (Å²) in [6.07, 6.45) is 1.19. The molecule has 2 aromatic carbocycles. The molecule has 24 heavy (non-hydrogen) atoms. The molecule has 0 aromatic heterocycles. The van der Waals surface area contributed by atoms with Crippen LogP contribution in [0.3, 0.4) is 0 Å². The van der Waals surface area contributed by atoms with E-state index in [9.17, 15) is 19.8 Å². The molecule has 2 N–H and O–H groups in total. The van der Waals surface area contributed by atoms with Crippen molar-refractivity contribution in [2.75, 3.05) is 0 Å². The molecule has 0 heterocycles. The van der Waals surface area contributed by atoms with Crippen molar-refractivity contribution in [3.8, 4) is 0 Å². The molecule has 2 aromatic rings. The predicted molar refractivity (Wildman–Crippen MR) is 92.8 cm³/mol. The third-order valence-corrected chi connectivity index (χ3v) is 4.12. The Balaban J connectivity index is 2.25. The maximum absolute atomic E-state index is 11.4. The molecule has 126 valence electrons. The fourth-order valence-corrected chi connectivity index (χ4v) is 3.02. The summed E-state index contributed by atoms with van der Waals surface area (Å²) in [5.41, 5.74) is 4.25. The van der Waals surface area contributed by atoms with E-state index in [1.807, 2.05) is 32.9 Å². The van der Waals surface area contributed by atoms with Gasteiger partial charge in [0, 0.05) is 0 Å². The summed E-state index contributed by atoms with van der Waals surface area (Å²) in [6, 6.07) is 10.6. The van der Waals surface area contributed by atoms with E-state index in [2.05, 4.69) is 0 Å². The van der Waals surface area contributed by atoms with E-state index < -0.39 is 11.9 Å². The van der Waals surface area contributed by atoms with Crippen LogP contribution in [-0.2, 0) is 12.8 Å². The molecular formula is C20H22O4. The Morgan fingerprint density at radius 1 is 0.833 bits per heavy atom. The summed E-state index contributed by atoms with van der Waals surface area (Å²) in [5.74, 6) is -1.73. The van der Waals surface area contributed by atoms with E-state index in [0.717, 1.165) is 22.3 Å². The highest BCUT2D eigenvalue weighted by Crippen LogP contribution is 2.22. The average Bonchev–Trinajstić information content (AvgIpc) is 2.46. The van der Waals surface area contributed by atoms with Gasteiger partial charge in [-0.2, -0.15) is 0 Å². The lowest BCUT2D eigenvalue weighted by molar-refractivity contribution is 0.0685. The van der Waals surface area contributed by atoms with Crippen LogP contribution in [0.2, 0.25) is 0 Å². The van der Waals surface area contributed by atoms with Crippen molar-refractivity contribution in [1.29, 1.82) is 0 Å². The highest BCUT2D eigenvalue weighted by molar-refractivity contribution is 5.90. The van der Waals surface area contributed by atoms with Gasteiger partial charge in [0.25, 0.3) is 0 Å². The second-order valence-electron chi connectivity index (χ2n) is 6.44. The molecule has 0 bridgehead atoms. The summed E-state index contributed by atoms with van der Waals surface area (Å²) in [6.45, 7) is 5.88. The maximum Gasteiger partial charge on any atom is 0.335 e. The Bertz CT molecular complexity index is 712. The van der Waals surface area contributed by atoms with Crippen LogP contribution >= 0.6 is 0 Å². The normalized spacial score (nSPS) is 10.8. The summed E-state index contributed by atoms with van der Waals surface area (Å²) in [7, 11) is 0. The lowest BCUT2D eigenvalue weighted by Crippen LogP contribution is -2.12. The van der Waals surface area contributed by atoms with Gasteiger partial charge in [-0.3, -0.25) is 0 Å². The highest BCUT2D eigenvalue weighted by Gasteiger charge is 2.16. The van der Waals surface area contributed by atoms with Gasteiger partial charge < -0.3 is 10.2 Å². The molecule has 0 saturated carbocycles. The molecule has 4 nitrogen and oxygen atoms in total. The molecule has 0 radical (unpaired) electrons. The largest absolute Gasteiger partial charge is 0.478 e. The molecule has 0 aliphatic carbocycles. The number of aromatic carboxylic acids is 2. The van der Waals surface area contributed by atoms with E-state index in [0.29, 0.717) is 24.0 Å². The smallest absolute Gasteiger partial charge is 0.335 e. The topological polar surface area (TPSA) is 74.6 Å². The Morgan fingerprint density at radius 2 is 1.21 bits per heavy atom. The van der Waals surface area contributed by atoms with Gasteiger partial charge >= 0.3 is 11.9 Å². The molecule has 0 aliphatic heterocycles. The number of rotatable bonds is 6. The highest BCUT2D eigenvalue weighted by atomic mass is 16.4. The van der Waals surface area contributed by atoms with Gasteiger partial charge in [0.1, 0.15) is 0 Å². The van der Waals surface area contributed by atoms with Gasteiger partial charge in [-0.25, -0.2) is 9.59 Å². The van der Waals surface area contributed by atoms with E-state index in [1.54, 1.807) is 24.3 Å². The van der Waals surface area contributed by atoms with Gasteiger partial charge in [-0.15, -0.1) is 0 Å². The third kappa shape index (κ3) is 4.22. The first-order valence-corrected chi connectivity index (χ1v) is 7.93. The summed E-state index contributed by atoms with van der Waals surface area (Å²) < 4.78 is 0. The van der Waals surface area contributed by atoms with Crippen molar-refractivity contribution in [3.63, 3.8) is 0 Å². The predicted octanol–water partition coefficient (Wildman–Crippen LogP) is 4.12. The minimum Gasteiger partial charge on any atom is -0.478 e. The van der Waals surface area contributed by atoms with E-state index in [4.69, 9.17) is 0 Å². The summed E-state index contributed by atoms with van der Waals surface area (Å²) in [4.78, 5) is 22.8. The molecule has 0 unspecified atom stereocenters. The number of carboxylic acid groups (broad SMARTS) is 2. The first kappa shape index (κ1) is 17.7. The molecule has 0 saturated heterocycles. The van der Waals surface area contributed by atoms with Crippen molar-refractivity contribution in [2.24, 2.45) is 5.92 Å². The quantitative estimate of drug-likeness (QED) is 0.837. The molecule has 2 rings (SSSR count). The standard InChI is InChI=1S/C20H22O4/c1-12-4-6-17(19(21)22)15(8-12)10-14(3)11-16-9-13(2)5-7-18(16)20(23)24/h4-9,14H,10-11H2,1-3H3,(H,21,22)(H,23,24). The SMILES string of the molecule is Cc1ccc(C(=O)O)c(CC(C)Cc2cc(C)ccc2C(=O)O)c1. The van der Waals surface area contributed by atoms with Crippen molar-refractivity contribution in [2.45, 2.75) is 33.6 Å². The Hall–Kier alpha value is -2.62. The number of carboxylic acids is 2. The van der Waals surface area contributed by atoms with Crippen molar-refractivity contribution in [3.05, 3.63) is 69.8 Å². The van der Waals surface area contributed by atoms with Crippen LogP contribution in [0.15, 0.2) is 36.4 Å². The fraction of sp³-hybridized carbons (Fsp3) is 0.300. The lowest BCUT2D eigenvalue weighted by atomic mass is 9.89. The molecule has 0 spiro atoms. The second kappa shape index (κ2) is 7.30. The van der Waals surface area contributed by atoms with Gasteiger partial charge in [0.2, 0.25) is 0 Å². The van der Waals surface area contributed by atoms with Crippen molar-refractivity contribution >= 4 is 11.9 Å². The third-order valence-electron chi connectivity index (χ3n) is 4.12. The minimum atomic E-state index is -0.931. The van der Waals surface area contributed by atoms with Gasteiger partial charge in [-0.05, 0) is 55.9 Å². The Kier molecular flexibility index (Phi) is 5.39. The summed E-state index contributed by atoms with van der Waals surface area (Å²) >= 11 is 0. The average molecular weight is 326 g/mol. The number of hydrogen-bond acceptors (Lipinski definition) is 2. The first-order chi connectivity index (χ1) is 11.3. The second-order valence-corrected chi connectivity index (χ2v) is 6.44. The fourth-order valence-electron chi connectivity index (χ4n) is 3.02. The zero-order valence-electron chi connectivity index (χ0n) is 14.2. The van der Waals surface area contributed by atoms with Crippen LogP contribution in [0.25, 0.3) is 0 Å². The molecule has 0 amide bonds. The lowest BCUT2D eigenvalue weighted by Gasteiger charge is -2.16. The summed E-state index contributed by atoms with van der Waals surface area (Å²) in [5, 5.41) is 18.7. The van der Waals surface area contributed by atoms with Crippen molar-refractivity contribution < 1.29 is 19.8 Å². The first-order valence-electron chi connectivity index (χ1n) is 7.93. The molecular weight excluding hydrogens is 304 g/mol. The van der Waals surface area contributed by atoms with Crippen LogP contribution in [0.1, 0.15) is 49.9 Å². The van der Waals surface area contributed by atoms with E-state index in [-0.39, 0.29) is 5.92 Å². The monoisotopic (exact) mass is 326 g/mol. The van der Waals surface area contributed by atoms with Gasteiger partial charge in [-0.1, -0.05) is 42.3 Å². The Morgan fingerprint density at radius 3 is 1.54 bits per heavy atom. The number of aryl methyl sites for hydroxylation is 2. The van der Waals surface area contributed by atoms with Crippen LogP contribution < -0.4 is 0 Å². The molecule has 0 atom stereocenters. The van der Waals surface area contributed by atoms with E-state index >= 15 is 0 Å². The number of carbonyl (C=O) groups is 2. The van der Waals surface area contributed by atoms with Crippen LogP contribution in [-0.4, -0.2) is 22.2 Å². The maximum atomic E-state index is 11.4. The van der Waals surface area contributed by atoms with Gasteiger partial charge in [0.05, 0.1) is 11.1 Å². The number of hydrogen-bond donors (Lipinski definition) is 2. The molecule has 4 heteroatoms. The minimum absolute atomic E-state index is 0.129.